The quantitative estimate of drug-likeness (QED) is 0.731. The number of oxazole rings is 1. The van der Waals surface area contributed by atoms with Crippen LogP contribution in [0.2, 0.25) is 0 Å². The number of anilines is 1. The first-order valence-electron chi connectivity index (χ1n) is 5.89. The zero-order chi connectivity index (χ0) is 13.2. The molecule has 96 valence electrons. The van der Waals surface area contributed by atoms with Crippen LogP contribution in [0.25, 0.3) is 23.3 Å². The molecule has 3 rings (SSSR count). The monoisotopic (exact) mass is 271 g/mol. The van der Waals surface area contributed by atoms with Gasteiger partial charge in [0, 0.05) is 25.6 Å². The second-order valence-corrected chi connectivity index (χ2v) is 5.18. The van der Waals surface area contributed by atoms with Crippen molar-refractivity contribution < 1.29 is 4.42 Å². The highest BCUT2D eigenvalue weighted by Crippen LogP contribution is 2.20. The lowest BCUT2D eigenvalue weighted by Gasteiger charge is -2.05. The molecule has 0 N–H and O–H groups in total. The van der Waals surface area contributed by atoms with Gasteiger partial charge in [-0.05, 0) is 18.2 Å². The Morgan fingerprint density at radius 2 is 2.00 bits per heavy atom. The largest absolute Gasteiger partial charge is 0.437 e. The molecule has 4 nitrogen and oxygen atoms in total. The fourth-order valence-electron chi connectivity index (χ4n) is 1.66. The van der Waals surface area contributed by atoms with Crippen LogP contribution in [0.3, 0.4) is 0 Å². The lowest BCUT2D eigenvalue weighted by molar-refractivity contribution is 0.589. The van der Waals surface area contributed by atoms with Gasteiger partial charge in [0.15, 0.2) is 5.58 Å². The molecular weight excluding hydrogens is 258 g/mol. The van der Waals surface area contributed by atoms with E-state index in [0.717, 1.165) is 21.9 Å². The summed E-state index contributed by atoms with van der Waals surface area (Å²) in [6.45, 7) is 0. The molecule has 0 saturated heterocycles. The second-order valence-electron chi connectivity index (χ2n) is 4.29. The van der Waals surface area contributed by atoms with Gasteiger partial charge >= 0.3 is 0 Å². The summed E-state index contributed by atoms with van der Waals surface area (Å²) in [6.07, 6.45) is 3.76. The fraction of sp³-hybridized carbons (Fsp3) is 0.143. The van der Waals surface area contributed by atoms with Gasteiger partial charge < -0.3 is 9.32 Å². The zero-order valence-corrected chi connectivity index (χ0v) is 11.5. The summed E-state index contributed by atoms with van der Waals surface area (Å²) in [5.41, 5.74) is 1.67. The summed E-state index contributed by atoms with van der Waals surface area (Å²) >= 11 is 1.59. The molecule has 0 bridgehead atoms. The molecule has 0 atom stereocenters. The van der Waals surface area contributed by atoms with Crippen LogP contribution in [0, 0.1) is 0 Å². The van der Waals surface area contributed by atoms with Crippen LogP contribution in [0.5, 0.6) is 0 Å². The van der Waals surface area contributed by atoms with Gasteiger partial charge in [-0.15, -0.1) is 11.3 Å². The lowest BCUT2D eigenvalue weighted by atomic mass is 10.3. The Bertz CT molecular complexity index is 694. The SMILES string of the molecule is CN(C)c1csc(/C=C/c2nc3ccccc3o2)n1. The van der Waals surface area contributed by atoms with Gasteiger partial charge in [-0.3, -0.25) is 0 Å². The molecular formula is C14H13N3OS. The Morgan fingerprint density at radius 3 is 2.74 bits per heavy atom. The maximum Gasteiger partial charge on any atom is 0.220 e. The van der Waals surface area contributed by atoms with Crippen LogP contribution in [-0.4, -0.2) is 24.1 Å². The van der Waals surface area contributed by atoms with E-state index < -0.39 is 0 Å². The summed E-state index contributed by atoms with van der Waals surface area (Å²) in [4.78, 5) is 10.8. The summed E-state index contributed by atoms with van der Waals surface area (Å²) in [7, 11) is 3.95. The van der Waals surface area contributed by atoms with E-state index in [4.69, 9.17) is 4.42 Å². The van der Waals surface area contributed by atoms with E-state index >= 15 is 0 Å². The van der Waals surface area contributed by atoms with Crippen molar-refractivity contribution >= 4 is 40.4 Å². The standard InChI is InChI=1S/C14H13N3OS/c1-17(2)12-9-19-14(16-12)8-7-13-15-10-5-3-4-6-11(10)18-13/h3-9H,1-2H3/b8-7+. The number of hydrogen-bond acceptors (Lipinski definition) is 5. The van der Waals surface area contributed by atoms with Crippen molar-refractivity contribution in [3.05, 3.63) is 40.5 Å². The Kier molecular flexibility index (Phi) is 3.05. The Morgan fingerprint density at radius 1 is 1.16 bits per heavy atom. The zero-order valence-electron chi connectivity index (χ0n) is 10.7. The second kappa shape index (κ2) is 4.85. The Balaban J connectivity index is 1.84. The van der Waals surface area contributed by atoms with Gasteiger partial charge in [0.1, 0.15) is 16.3 Å². The normalized spacial score (nSPS) is 11.5. The van der Waals surface area contributed by atoms with Gasteiger partial charge in [-0.2, -0.15) is 0 Å². The molecule has 0 amide bonds. The van der Waals surface area contributed by atoms with Gasteiger partial charge in [0.05, 0.1) is 0 Å². The average molecular weight is 271 g/mol. The molecule has 0 aliphatic heterocycles. The molecule has 3 aromatic rings. The maximum atomic E-state index is 5.61. The van der Waals surface area contributed by atoms with Crippen molar-refractivity contribution in [2.45, 2.75) is 0 Å². The molecule has 0 spiro atoms. The summed E-state index contributed by atoms with van der Waals surface area (Å²) < 4.78 is 5.61. The molecule has 0 aliphatic rings. The third-order valence-corrected chi connectivity index (χ3v) is 3.44. The molecule has 5 heteroatoms. The first-order valence-corrected chi connectivity index (χ1v) is 6.77. The van der Waals surface area contributed by atoms with Crippen molar-refractivity contribution in [3.8, 4) is 0 Å². The average Bonchev–Trinajstić information content (AvgIpc) is 3.02. The van der Waals surface area contributed by atoms with Crippen molar-refractivity contribution in [3.63, 3.8) is 0 Å². The summed E-state index contributed by atoms with van der Waals surface area (Å²) in [6, 6.07) is 7.73. The van der Waals surface area contributed by atoms with E-state index in [-0.39, 0.29) is 0 Å². The lowest BCUT2D eigenvalue weighted by Crippen LogP contribution is -2.08. The van der Waals surface area contributed by atoms with Crippen molar-refractivity contribution in [2.24, 2.45) is 0 Å². The third-order valence-electron chi connectivity index (χ3n) is 2.65. The number of nitrogens with zero attached hydrogens (tertiary/aromatic N) is 3. The minimum Gasteiger partial charge on any atom is -0.437 e. The van der Waals surface area contributed by atoms with Crippen molar-refractivity contribution in [1.29, 1.82) is 0 Å². The minimum absolute atomic E-state index is 0.600. The van der Waals surface area contributed by atoms with Crippen LogP contribution in [0.15, 0.2) is 34.1 Å². The van der Waals surface area contributed by atoms with Crippen molar-refractivity contribution in [1.82, 2.24) is 9.97 Å². The Hall–Kier alpha value is -2.14. The van der Waals surface area contributed by atoms with Crippen LogP contribution < -0.4 is 4.90 Å². The van der Waals surface area contributed by atoms with Crippen LogP contribution in [0.1, 0.15) is 10.9 Å². The first-order chi connectivity index (χ1) is 9.22. The van der Waals surface area contributed by atoms with Gasteiger partial charge in [-0.1, -0.05) is 12.1 Å². The number of fused-ring (bicyclic) bond motifs is 1. The molecule has 0 fully saturated rings. The smallest absolute Gasteiger partial charge is 0.220 e. The van der Waals surface area contributed by atoms with E-state index in [9.17, 15) is 0 Å². The van der Waals surface area contributed by atoms with Crippen LogP contribution in [-0.2, 0) is 0 Å². The maximum absolute atomic E-state index is 5.61. The van der Waals surface area contributed by atoms with E-state index in [1.54, 1.807) is 11.3 Å². The molecule has 2 heterocycles. The number of rotatable bonds is 3. The molecule has 0 saturated carbocycles. The van der Waals surface area contributed by atoms with Crippen molar-refractivity contribution in [2.75, 3.05) is 19.0 Å². The summed E-state index contributed by atoms with van der Waals surface area (Å²) in [5, 5.41) is 2.96. The van der Waals surface area contributed by atoms with E-state index in [1.165, 1.54) is 0 Å². The molecule has 0 unspecified atom stereocenters. The molecule has 0 aliphatic carbocycles. The number of aromatic nitrogens is 2. The van der Waals surface area contributed by atoms with E-state index in [0.29, 0.717) is 5.89 Å². The number of para-hydroxylation sites is 2. The van der Waals surface area contributed by atoms with Gasteiger partial charge in [0.25, 0.3) is 0 Å². The predicted molar refractivity (Wildman–Crippen MR) is 79.4 cm³/mol. The molecule has 0 radical (unpaired) electrons. The number of thiazole rings is 1. The van der Waals surface area contributed by atoms with Crippen LogP contribution in [0.4, 0.5) is 5.82 Å². The van der Waals surface area contributed by atoms with Crippen LogP contribution >= 0.6 is 11.3 Å². The highest BCUT2D eigenvalue weighted by molar-refractivity contribution is 7.10. The minimum atomic E-state index is 0.600. The molecule has 2 aromatic heterocycles. The molecule has 1 aromatic carbocycles. The highest BCUT2D eigenvalue weighted by Gasteiger charge is 2.03. The van der Waals surface area contributed by atoms with Gasteiger partial charge in [-0.25, -0.2) is 9.97 Å². The number of hydrogen-bond donors (Lipinski definition) is 0. The number of benzene rings is 1. The fourth-order valence-corrected chi connectivity index (χ4v) is 2.45. The van der Waals surface area contributed by atoms with Gasteiger partial charge in [0.2, 0.25) is 5.89 Å². The van der Waals surface area contributed by atoms with E-state index in [2.05, 4.69) is 9.97 Å². The topological polar surface area (TPSA) is 42.2 Å². The van der Waals surface area contributed by atoms with E-state index in [1.807, 2.05) is 60.8 Å². The highest BCUT2D eigenvalue weighted by atomic mass is 32.1. The summed E-state index contributed by atoms with van der Waals surface area (Å²) in [5.74, 6) is 1.56. The third kappa shape index (κ3) is 2.51. The first kappa shape index (κ1) is 11.9. The Labute approximate surface area is 115 Å². The predicted octanol–water partition coefficient (Wildman–Crippen LogP) is 3.52. The molecule has 19 heavy (non-hydrogen) atoms.